The van der Waals surface area contributed by atoms with Gasteiger partial charge in [0.05, 0.1) is 10.6 Å². The Labute approximate surface area is 153 Å². The largest absolute Gasteiger partial charge is 0.321 e. The fourth-order valence-corrected chi connectivity index (χ4v) is 3.27. The number of non-ortho nitro benzene ring substituents is 1. The van der Waals surface area contributed by atoms with Gasteiger partial charge in [-0.25, -0.2) is 9.07 Å². The molecule has 0 unspecified atom stereocenters. The monoisotopic (exact) mass is 366 g/mol. The second-order valence-corrected chi connectivity index (χ2v) is 6.27. The van der Waals surface area contributed by atoms with Crippen LogP contribution in [0.3, 0.4) is 0 Å². The first-order valence-electron chi connectivity index (χ1n) is 8.45. The molecule has 0 bridgehead atoms. The summed E-state index contributed by atoms with van der Waals surface area (Å²) >= 11 is 0. The van der Waals surface area contributed by atoms with E-state index in [-0.39, 0.29) is 17.4 Å². The standard InChI is InChI=1S/C19H15FN4O3/c20-12-4-8-14(9-5-12)23-17-3-1-2-16(17)18(22-23)19(25)21-13-6-10-15(11-7-13)24(26)27/h4-11H,1-3H2,(H,21,25). The highest BCUT2D eigenvalue weighted by atomic mass is 19.1. The summed E-state index contributed by atoms with van der Waals surface area (Å²) in [6.07, 6.45) is 2.47. The van der Waals surface area contributed by atoms with Crippen LogP contribution >= 0.6 is 0 Å². The maximum atomic E-state index is 13.2. The van der Waals surface area contributed by atoms with Crippen molar-refractivity contribution in [3.05, 3.63) is 81.4 Å². The van der Waals surface area contributed by atoms with E-state index in [0.717, 1.165) is 30.5 Å². The lowest BCUT2D eigenvalue weighted by atomic mass is 10.2. The molecule has 0 atom stereocenters. The normalized spacial score (nSPS) is 12.6. The Morgan fingerprint density at radius 2 is 1.81 bits per heavy atom. The molecule has 1 amide bonds. The maximum Gasteiger partial charge on any atom is 0.276 e. The first kappa shape index (κ1) is 16.9. The molecule has 0 spiro atoms. The van der Waals surface area contributed by atoms with Crippen LogP contribution in [0.1, 0.15) is 28.2 Å². The van der Waals surface area contributed by atoms with Gasteiger partial charge >= 0.3 is 0 Å². The van der Waals surface area contributed by atoms with Crippen LogP contribution in [0.15, 0.2) is 48.5 Å². The van der Waals surface area contributed by atoms with Gasteiger partial charge in [-0.05, 0) is 55.7 Å². The van der Waals surface area contributed by atoms with Crippen molar-refractivity contribution in [2.45, 2.75) is 19.3 Å². The lowest BCUT2D eigenvalue weighted by Crippen LogP contribution is -2.15. The molecule has 1 aromatic heterocycles. The zero-order valence-electron chi connectivity index (χ0n) is 14.2. The average Bonchev–Trinajstić information content (AvgIpc) is 3.25. The summed E-state index contributed by atoms with van der Waals surface area (Å²) in [4.78, 5) is 22.9. The molecule has 8 heteroatoms. The lowest BCUT2D eigenvalue weighted by Gasteiger charge is -2.05. The molecule has 2 aromatic carbocycles. The highest BCUT2D eigenvalue weighted by Gasteiger charge is 2.27. The third-order valence-electron chi connectivity index (χ3n) is 4.55. The van der Waals surface area contributed by atoms with Crippen LogP contribution in [0.5, 0.6) is 0 Å². The van der Waals surface area contributed by atoms with Gasteiger partial charge in [-0.15, -0.1) is 0 Å². The van der Waals surface area contributed by atoms with E-state index in [1.54, 1.807) is 16.8 Å². The highest BCUT2D eigenvalue weighted by Crippen LogP contribution is 2.28. The molecule has 0 aliphatic heterocycles. The Balaban J connectivity index is 1.63. The van der Waals surface area contributed by atoms with E-state index in [0.29, 0.717) is 17.1 Å². The van der Waals surface area contributed by atoms with Gasteiger partial charge in [0, 0.05) is 29.1 Å². The quantitative estimate of drug-likeness (QED) is 0.564. The molecule has 0 radical (unpaired) electrons. The number of aromatic nitrogens is 2. The summed E-state index contributed by atoms with van der Waals surface area (Å²) < 4.78 is 14.9. The number of amides is 1. The SMILES string of the molecule is O=C(Nc1ccc([N+](=O)[O-])cc1)c1nn(-c2ccc(F)cc2)c2c1CCC2. The van der Waals surface area contributed by atoms with Crippen molar-refractivity contribution >= 4 is 17.3 Å². The van der Waals surface area contributed by atoms with Gasteiger partial charge in [0.1, 0.15) is 5.82 Å². The summed E-state index contributed by atoms with van der Waals surface area (Å²) in [5, 5.41) is 17.9. The number of benzene rings is 2. The number of halogens is 1. The number of hydrogen-bond acceptors (Lipinski definition) is 4. The zero-order chi connectivity index (χ0) is 19.0. The number of rotatable bonds is 4. The Hall–Kier alpha value is -3.55. The Kier molecular flexibility index (Phi) is 4.15. The number of carbonyl (C=O) groups excluding carboxylic acids is 1. The van der Waals surface area contributed by atoms with E-state index in [4.69, 9.17) is 0 Å². The molecule has 3 aromatic rings. The third-order valence-corrected chi connectivity index (χ3v) is 4.55. The van der Waals surface area contributed by atoms with Crippen LogP contribution in [-0.2, 0) is 12.8 Å². The van der Waals surface area contributed by atoms with Crippen LogP contribution in [0.4, 0.5) is 15.8 Å². The molecular formula is C19H15FN4O3. The second kappa shape index (κ2) is 6.64. The lowest BCUT2D eigenvalue weighted by molar-refractivity contribution is -0.384. The minimum atomic E-state index is -0.497. The zero-order valence-corrected chi connectivity index (χ0v) is 14.2. The third kappa shape index (κ3) is 3.17. The number of nitro groups is 1. The molecule has 7 nitrogen and oxygen atoms in total. The molecule has 27 heavy (non-hydrogen) atoms. The minimum absolute atomic E-state index is 0.0468. The van der Waals surface area contributed by atoms with E-state index >= 15 is 0 Å². The molecular weight excluding hydrogens is 351 g/mol. The van der Waals surface area contributed by atoms with Gasteiger partial charge in [-0.1, -0.05) is 0 Å². The Bertz CT molecular complexity index is 1030. The van der Waals surface area contributed by atoms with Gasteiger partial charge in [0.25, 0.3) is 11.6 Å². The highest BCUT2D eigenvalue weighted by molar-refractivity contribution is 6.04. The molecule has 0 saturated carbocycles. The van der Waals surface area contributed by atoms with E-state index in [9.17, 15) is 19.3 Å². The number of nitrogens with one attached hydrogen (secondary N) is 1. The van der Waals surface area contributed by atoms with Gasteiger partial charge in [0.15, 0.2) is 5.69 Å². The fourth-order valence-electron chi connectivity index (χ4n) is 3.27. The number of nitrogens with zero attached hydrogens (tertiary/aromatic N) is 3. The summed E-state index contributed by atoms with van der Waals surface area (Å²) in [6.45, 7) is 0. The van der Waals surface area contributed by atoms with Gasteiger partial charge in [-0.2, -0.15) is 5.10 Å². The van der Waals surface area contributed by atoms with Crippen molar-refractivity contribution in [2.75, 3.05) is 5.32 Å². The maximum absolute atomic E-state index is 13.2. The molecule has 1 N–H and O–H groups in total. The van der Waals surface area contributed by atoms with E-state index < -0.39 is 4.92 Å². The fraction of sp³-hybridized carbons (Fsp3) is 0.158. The van der Waals surface area contributed by atoms with Crippen molar-refractivity contribution in [2.24, 2.45) is 0 Å². The van der Waals surface area contributed by atoms with Gasteiger partial charge < -0.3 is 5.32 Å². The summed E-state index contributed by atoms with van der Waals surface area (Å²) in [6, 6.07) is 11.6. The summed E-state index contributed by atoms with van der Waals surface area (Å²) in [5.41, 5.74) is 3.27. The number of fused-ring (bicyclic) bond motifs is 1. The Morgan fingerprint density at radius 1 is 1.11 bits per heavy atom. The predicted octanol–water partition coefficient (Wildman–Crippen LogP) is 3.66. The minimum Gasteiger partial charge on any atom is -0.321 e. The van der Waals surface area contributed by atoms with Crippen LogP contribution in [0.2, 0.25) is 0 Å². The predicted molar refractivity (Wildman–Crippen MR) is 96.6 cm³/mol. The first-order chi connectivity index (χ1) is 13.0. The summed E-state index contributed by atoms with van der Waals surface area (Å²) in [7, 11) is 0. The second-order valence-electron chi connectivity index (χ2n) is 6.27. The molecule has 136 valence electrons. The van der Waals surface area contributed by atoms with Crippen molar-refractivity contribution in [3.63, 3.8) is 0 Å². The van der Waals surface area contributed by atoms with Crippen LogP contribution in [-0.4, -0.2) is 20.6 Å². The Morgan fingerprint density at radius 3 is 2.48 bits per heavy atom. The van der Waals surface area contributed by atoms with Crippen molar-refractivity contribution in [3.8, 4) is 5.69 Å². The topological polar surface area (TPSA) is 90.1 Å². The van der Waals surface area contributed by atoms with Crippen LogP contribution in [0.25, 0.3) is 5.69 Å². The van der Waals surface area contributed by atoms with Gasteiger partial charge in [-0.3, -0.25) is 14.9 Å². The number of carbonyl (C=O) groups is 1. The smallest absolute Gasteiger partial charge is 0.276 e. The summed E-state index contributed by atoms with van der Waals surface area (Å²) in [5.74, 6) is -0.707. The molecule has 1 heterocycles. The van der Waals surface area contributed by atoms with Crippen molar-refractivity contribution in [1.29, 1.82) is 0 Å². The number of anilines is 1. The molecule has 0 saturated heterocycles. The molecule has 1 aliphatic carbocycles. The molecule has 4 rings (SSSR count). The molecule has 1 aliphatic rings. The first-order valence-corrected chi connectivity index (χ1v) is 8.45. The van der Waals surface area contributed by atoms with Gasteiger partial charge in [0.2, 0.25) is 0 Å². The van der Waals surface area contributed by atoms with Crippen molar-refractivity contribution < 1.29 is 14.1 Å². The van der Waals surface area contributed by atoms with Crippen molar-refractivity contribution in [1.82, 2.24) is 9.78 Å². The number of hydrogen-bond donors (Lipinski definition) is 1. The van der Waals surface area contributed by atoms with E-state index in [1.165, 1.54) is 36.4 Å². The van der Waals surface area contributed by atoms with E-state index in [1.807, 2.05) is 0 Å². The average molecular weight is 366 g/mol. The van der Waals surface area contributed by atoms with Crippen LogP contribution < -0.4 is 5.32 Å². The number of nitro benzene ring substituents is 1. The van der Waals surface area contributed by atoms with E-state index in [2.05, 4.69) is 10.4 Å². The van der Waals surface area contributed by atoms with Crippen LogP contribution in [0, 0.1) is 15.9 Å². The molecule has 0 fully saturated rings.